The average molecular weight is 568 g/mol. The fourth-order valence-electron chi connectivity index (χ4n) is 3.32. The fraction of sp³-hybridized carbons (Fsp3) is 0. The molecule has 15 nitrogen and oxygen atoms in total. The molecule has 3 rings (SSSR count). The predicted molar refractivity (Wildman–Crippen MR) is 131 cm³/mol. The highest BCUT2D eigenvalue weighted by molar-refractivity contribution is 6.12. The van der Waals surface area contributed by atoms with E-state index in [4.69, 9.17) is 35.7 Å². The minimum Gasteiger partial charge on any atom is -0.478 e. The van der Waals surface area contributed by atoms with E-state index in [1.54, 1.807) is 0 Å². The summed E-state index contributed by atoms with van der Waals surface area (Å²) in [5.41, 5.74) is -4.17. The summed E-state index contributed by atoms with van der Waals surface area (Å²) in [6.07, 6.45) is 0. The lowest BCUT2D eigenvalue weighted by Crippen LogP contribution is -2.15. The highest BCUT2D eigenvalue weighted by atomic mass is 16.4. The second-order valence-corrected chi connectivity index (χ2v) is 7.75. The largest absolute Gasteiger partial charge is 0.478 e. The summed E-state index contributed by atoms with van der Waals surface area (Å²) >= 11 is 0. The van der Waals surface area contributed by atoms with E-state index in [2.05, 4.69) is 0 Å². The Morgan fingerprint density at radius 3 is 1.05 bits per heavy atom. The Kier molecular flexibility index (Phi) is 9.36. The first-order chi connectivity index (χ1) is 19.1. The van der Waals surface area contributed by atoms with E-state index in [-0.39, 0.29) is 16.7 Å². The molecule has 15 heteroatoms. The Balaban J connectivity index is 0.000000296. The molecule has 210 valence electrons. The van der Waals surface area contributed by atoms with Gasteiger partial charge >= 0.3 is 41.8 Å². The Labute approximate surface area is 226 Å². The molecule has 0 aliphatic carbocycles. The van der Waals surface area contributed by atoms with Gasteiger partial charge in [0.1, 0.15) is 0 Å². The summed E-state index contributed by atoms with van der Waals surface area (Å²) < 4.78 is 0. The maximum atomic E-state index is 12.3. The molecule has 3 aromatic carbocycles. The van der Waals surface area contributed by atoms with Gasteiger partial charge in [-0.15, -0.1) is 0 Å². The van der Waals surface area contributed by atoms with Gasteiger partial charge in [-0.3, -0.25) is 4.79 Å². The molecule has 0 saturated heterocycles. The minimum absolute atomic E-state index is 0.0464. The van der Waals surface area contributed by atoms with Gasteiger partial charge in [0.15, 0.2) is 5.78 Å². The topological polar surface area (TPSA) is 278 Å². The van der Waals surface area contributed by atoms with Crippen LogP contribution in [0, 0.1) is 0 Å². The van der Waals surface area contributed by atoms with Crippen molar-refractivity contribution in [1.29, 1.82) is 0 Å². The normalized spacial score (nSPS) is 9.95. The molecule has 0 heterocycles. The fourth-order valence-corrected chi connectivity index (χ4v) is 3.32. The number of benzene rings is 3. The van der Waals surface area contributed by atoms with Gasteiger partial charge in [-0.2, -0.15) is 0 Å². The van der Waals surface area contributed by atoms with Crippen LogP contribution in [0.5, 0.6) is 0 Å². The average Bonchev–Trinajstić information content (AvgIpc) is 2.91. The first kappa shape index (κ1) is 30.8. The van der Waals surface area contributed by atoms with Crippen molar-refractivity contribution in [3.05, 3.63) is 105 Å². The molecule has 0 radical (unpaired) electrons. The van der Waals surface area contributed by atoms with Crippen LogP contribution in [0.25, 0.3) is 0 Å². The molecule has 0 saturated carbocycles. The number of hydrogen-bond acceptors (Lipinski definition) is 8. The second-order valence-electron chi connectivity index (χ2n) is 7.75. The van der Waals surface area contributed by atoms with Crippen molar-refractivity contribution < 1.29 is 74.1 Å². The molecular formula is C26H16O15. The number of carboxylic acids is 7. The van der Waals surface area contributed by atoms with Gasteiger partial charge in [-0.1, -0.05) is 18.2 Å². The Hall–Kier alpha value is -6.38. The van der Waals surface area contributed by atoms with Crippen molar-refractivity contribution >= 4 is 47.6 Å². The number of aromatic carboxylic acids is 7. The summed E-state index contributed by atoms with van der Waals surface area (Å²) in [4.78, 5) is 88.5. The molecule has 0 unspecified atom stereocenters. The van der Waals surface area contributed by atoms with Crippen molar-refractivity contribution in [2.45, 2.75) is 0 Å². The van der Waals surface area contributed by atoms with E-state index in [1.807, 2.05) is 0 Å². The van der Waals surface area contributed by atoms with E-state index in [1.165, 1.54) is 24.3 Å². The van der Waals surface area contributed by atoms with Crippen molar-refractivity contribution in [2.24, 2.45) is 0 Å². The van der Waals surface area contributed by atoms with Crippen LogP contribution >= 0.6 is 0 Å². The van der Waals surface area contributed by atoms with Gasteiger partial charge in [-0.25, -0.2) is 33.6 Å². The third-order valence-electron chi connectivity index (χ3n) is 5.19. The smallest absolute Gasteiger partial charge is 0.336 e. The van der Waals surface area contributed by atoms with Crippen LogP contribution in [0.3, 0.4) is 0 Å². The lowest BCUT2D eigenvalue weighted by atomic mass is 9.97. The van der Waals surface area contributed by atoms with E-state index < -0.39 is 80.9 Å². The van der Waals surface area contributed by atoms with Crippen LogP contribution in [0.2, 0.25) is 0 Å². The number of rotatable bonds is 9. The van der Waals surface area contributed by atoms with Gasteiger partial charge in [0.25, 0.3) is 0 Å². The summed E-state index contributed by atoms with van der Waals surface area (Å²) in [6, 6.07) is 9.45. The van der Waals surface area contributed by atoms with E-state index >= 15 is 0 Å². The quantitative estimate of drug-likeness (QED) is 0.183. The first-order valence-corrected chi connectivity index (χ1v) is 10.7. The highest BCUT2D eigenvalue weighted by Crippen LogP contribution is 2.19. The number of carboxylic acid groups (broad SMARTS) is 7. The molecule has 0 fully saturated rings. The van der Waals surface area contributed by atoms with Gasteiger partial charge in [-0.05, 0) is 36.4 Å². The maximum Gasteiger partial charge on any atom is 0.336 e. The zero-order valence-electron chi connectivity index (χ0n) is 20.1. The van der Waals surface area contributed by atoms with Crippen LogP contribution in [-0.4, -0.2) is 83.3 Å². The molecule has 0 bridgehead atoms. The molecule has 0 aromatic heterocycles. The molecule has 0 spiro atoms. The highest BCUT2D eigenvalue weighted by Gasteiger charge is 2.25. The number of hydrogen-bond donors (Lipinski definition) is 7. The van der Waals surface area contributed by atoms with Gasteiger partial charge in [0.05, 0.1) is 38.9 Å². The van der Waals surface area contributed by atoms with Crippen LogP contribution in [0.1, 0.15) is 88.4 Å². The molecule has 41 heavy (non-hydrogen) atoms. The zero-order valence-corrected chi connectivity index (χ0v) is 20.1. The van der Waals surface area contributed by atoms with Crippen LogP contribution in [0.4, 0.5) is 0 Å². The first-order valence-electron chi connectivity index (χ1n) is 10.7. The third kappa shape index (κ3) is 7.14. The SMILES string of the molecule is O=C(O)c1cc(C(=O)O)c(C(=O)O)cc1C(=O)O.O=C(O)c1cccc(C(=O)c2ccc(C(=O)O)c(C(=O)O)c2)c1. The maximum absolute atomic E-state index is 12.3. The monoisotopic (exact) mass is 568 g/mol. The lowest BCUT2D eigenvalue weighted by Gasteiger charge is -2.06. The molecule has 3 aromatic rings. The molecule has 0 aliphatic rings. The van der Waals surface area contributed by atoms with Gasteiger partial charge < -0.3 is 35.7 Å². The number of carbonyl (C=O) groups excluding carboxylic acids is 1. The number of carbonyl (C=O) groups is 8. The van der Waals surface area contributed by atoms with Crippen molar-refractivity contribution in [2.75, 3.05) is 0 Å². The van der Waals surface area contributed by atoms with Crippen molar-refractivity contribution in [3.63, 3.8) is 0 Å². The standard InChI is InChI=1S/C16H10O7.C10H6O8/c17-13(8-2-1-3-10(6-8)14(18)19)9-4-5-11(15(20)21)12(7-9)16(22)23;11-7(12)3-1-4(8(13)14)6(10(17)18)2-5(3)9(15)16/h1-7H,(H,18,19)(H,20,21)(H,22,23);1-2H,(H,11,12)(H,13,14)(H,15,16)(H,17,18). The summed E-state index contributed by atoms with van der Waals surface area (Å²) in [5, 5.41) is 61.9. The summed E-state index contributed by atoms with van der Waals surface area (Å²) in [7, 11) is 0. The lowest BCUT2D eigenvalue weighted by molar-refractivity contribution is 0.0637. The molecule has 0 amide bonds. The Morgan fingerprint density at radius 2 is 0.683 bits per heavy atom. The van der Waals surface area contributed by atoms with E-state index in [9.17, 15) is 38.4 Å². The molecule has 0 aliphatic heterocycles. The van der Waals surface area contributed by atoms with Crippen LogP contribution < -0.4 is 0 Å². The molecule has 0 atom stereocenters. The summed E-state index contributed by atoms with van der Waals surface area (Å²) in [6.45, 7) is 0. The second kappa shape index (κ2) is 12.4. The van der Waals surface area contributed by atoms with Crippen molar-refractivity contribution in [3.8, 4) is 0 Å². The third-order valence-corrected chi connectivity index (χ3v) is 5.19. The van der Waals surface area contributed by atoms with E-state index in [0.29, 0.717) is 12.1 Å². The zero-order chi connectivity index (χ0) is 31.2. The number of ketones is 1. The van der Waals surface area contributed by atoms with Crippen LogP contribution in [-0.2, 0) is 0 Å². The summed E-state index contributed by atoms with van der Waals surface area (Å²) in [5.74, 6) is -11.3. The predicted octanol–water partition coefficient (Wildman–Crippen LogP) is 2.49. The molecule has 7 N–H and O–H groups in total. The Bertz CT molecular complexity index is 1550. The van der Waals surface area contributed by atoms with Crippen LogP contribution in [0.15, 0.2) is 54.6 Å². The van der Waals surface area contributed by atoms with Crippen molar-refractivity contribution in [1.82, 2.24) is 0 Å². The van der Waals surface area contributed by atoms with Gasteiger partial charge in [0, 0.05) is 11.1 Å². The minimum atomic E-state index is -1.66. The van der Waals surface area contributed by atoms with E-state index in [0.717, 1.165) is 18.2 Å². The Morgan fingerprint density at radius 1 is 0.341 bits per heavy atom. The molecular weight excluding hydrogens is 552 g/mol. The van der Waals surface area contributed by atoms with Gasteiger partial charge in [0.2, 0.25) is 0 Å².